The maximum absolute atomic E-state index is 11.2. The molecule has 2 atom stereocenters. The van der Waals surface area contributed by atoms with E-state index in [1.807, 2.05) is 12.1 Å². The zero-order chi connectivity index (χ0) is 13.4. The van der Waals surface area contributed by atoms with E-state index in [9.17, 15) is 10.1 Å². The molecule has 0 saturated carbocycles. The number of nitrogens with one attached hydrogen (secondary N) is 1. The van der Waals surface area contributed by atoms with Crippen LogP contribution in [0, 0.1) is 16.0 Å². The van der Waals surface area contributed by atoms with Gasteiger partial charge < -0.3 is 10.2 Å². The Morgan fingerprint density at radius 3 is 3.05 bits per heavy atom. The van der Waals surface area contributed by atoms with Gasteiger partial charge >= 0.3 is 0 Å². The number of fused-ring (bicyclic) bond motifs is 1. The average molecular weight is 326 g/mol. The van der Waals surface area contributed by atoms with Gasteiger partial charge in [0.2, 0.25) is 0 Å². The van der Waals surface area contributed by atoms with Crippen LogP contribution >= 0.6 is 15.9 Å². The topological polar surface area (TPSA) is 58.4 Å². The fourth-order valence-corrected chi connectivity index (χ4v) is 3.53. The van der Waals surface area contributed by atoms with Crippen LogP contribution in [0.25, 0.3) is 0 Å². The Hall–Kier alpha value is -1.14. The van der Waals surface area contributed by atoms with Crippen LogP contribution in [0.15, 0.2) is 22.7 Å². The summed E-state index contributed by atoms with van der Waals surface area (Å²) < 4.78 is 0.750. The third-order valence-corrected chi connectivity index (χ3v) is 4.62. The number of halogens is 1. The van der Waals surface area contributed by atoms with Crippen LogP contribution < -0.4 is 10.2 Å². The summed E-state index contributed by atoms with van der Waals surface area (Å²) in [5.41, 5.74) is 0.942. The van der Waals surface area contributed by atoms with Crippen LogP contribution in [0.5, 0.6) is 0 Å². The number of rotatable bonds is 2. The highest BCUT2D eigenvalue weighted by molar-refractivity contribution is 9.10. The van der Waals surface area contributed by atoms with Gasteiger partial charge in [-0.2, -0.15) is 0 Å². The van der Waals surface area contributed by atoms with E-state index in [1.165, 1.54) is 6.42 Å². The first-order chi connectivity index (χ1) is 9.15. The third kappa shape index (κ3) is 2.47. The Morgan fingerprint density at radius 2 is 2.26 bits per heavy atom. The van der Waals surface area contributed by atoms with Crippen molar-refractivity contribution in [2.45, 2.75) is 18.9 Å². The molecule has 1 aromatic rings. The molecule has 2 aliphatic rings. The number of hydrogen-bond donors (Lipinski definition) is 1. The zero-order valence-corrected chi connectivity index (χ0v) is 12.1. The SMILES string of the molecule is O=[N+]([O-])c1cc(Br)ccc1N1CCC2NCCC2C1. The number of nitrogens with zero attached hydrogens (tertiary/aromatic N) is 2. The molecule has 6 heteroatoms. The van der Waals surface area contributed by atoms with Crippen molar-refractivity contribution in [1.29, 1.82) is 0 Å². The van der Waals surface area contributed by atoms with Gasteiger partial charge in [0.1, 0.15) is 5.69 Å². The quantitative estimate of drug-likeness (QED) is 0.670. The predicted octanol–water partition coefficient (Wildman–Crippen LogP) is 2.55. The molecule has 102 valence electrons. The summed E-state index contributed by atoms with van der Waals surface area (Å²) in [5, 5.41) is 14.7. The molecule has 0 radical (unpaired) electrons. The highest BCUT2D eigenvalue weighted by Crippen LogP contribution is 2.35. The summed E-state index contributed by atoms with van der Waals surface area (Å²) in [6.45, 7) is 2.88. The maximum Gasteiger partial charge on any atom is 0.293 e. The van der Waals surface area contributed by atoms with Gasteiger partial charge in [-0.1, -0.05) is 15.9 Å². The minimum atomic E-state index is -0.293. The molecule has 5 nitrogen and oxygen atoms in total. The molecule has 0 aromatic heterocycles. The maximum atomic E-state index is 11.2. The van der Waals surface area contributed by atoms with Crippen molar-refractivity contribution in [1.82, 2.24) is 5.32 Å². The van der Waals surface area contributed by atoms with E-state index >= 15 is 0 Å². The van der Waals surface area contributed by atoms with E-state index in [-0.39, 0.29) is 10.6 Å². The molecular formula is C13H16BrN3O2. The van der Waals surface area contributed by atoms with Crippen molar-refractivity contribution < 1.29 is 4.92 Å². The Labute approximate surface area is 120 Å². The lowest BCUT2D eigenvalue weighted by atomic mass is 9.93. The highest BCUT2D eigenvalue weighted by Gasteiger charge is 2.34. The van der Waals surface area contributed by atoms with E-state index in [2.05, 4.69) is 26.1 Å². The van der Waals surface area contributed by atoms with Crippen LogP contribution in [-0.2, 0) is 0 Å². The molecule has 2 unspecified atom stereocenters. The average Bonchev–Trinajstić information content (AvgIpc) is 2.85. The monoisotopic (exact) mass is 325 g/mol. The smallest absolute Gasteiger partial charge is 0.293 e. The number of piperidine rings is 1. The van der Waals surface area contributed by atoms with E-state index in [4.69, 9.17) is 0 Å². The van der Waals surface area contributed by atoms with Gasteiger partial charge in [0, 0.05) is 29.7 Å². The first-order valence-corrected chi connectivity index (χ1v) is 7.37. The molecule has 0 spiro atoms. The molecule has 2 saturated heterocycles. The van der Waals surface area contributed by atoms with Gasteiger partial charge in [-0.05, 0) is 37.4 Å². The highest BCUT2D eigenvalue weighted by atomic mass is 79.9. The van der Waals surface area contributed by atoms with Gasteiger partial charge in [-0.3, -0.25) is 10.1 Å². The Kier molecular flexibility index (Phi) is 3.45. The van der Waals surface area contributed by atoms with Crippen LogP contribution in [0.2, 0.25) is 0 Å². The van der Waals surface area contributed by atoms with Crippen LogP contribution in [-0.4, -0.2) is 30.6 Å². The standard InChI is InChI=1S/C13H16BrN3O2/c14-10-1-2-12(13(7-10)17(18)19)16-6-4-11-9(8-16)3-5-15-11/h1-2,7,9,11,15H,3-6,8H2. The van der Waals surface area contributed by atoms with Crippen LogP contribution in [0.1, 0.15) is 12.8 Å². The molecule has 0 bridgehead atoms. The third-order valence-electron chi connectivity index (χ3n) is 4.13. The van der Waals surface area contributed by atoms with Crippen LogP contribution in [0.3, 0.4) is 0 Å². The second kappa shape index (κ2) is 5.09. The second-order valence-corrected chi connectivity index (χ2v) is 6.15. The van der Waals surface area contributed by atoms with Crippen molar-refractivity contribution in [3.63, 3.8) is 0 Å². The molecular weight excluding hydrogens is 310 g/mol. The number of nitro groups is 1. The summed E-state index contributed by atoms with van der Waals surface area (Å²) in [4.78, 5) is 13.1. The Bertz CT molecular complexity index is 509. The summed E-state index contributed by atoms with van der Waals surface area (Å²) in [5.74, 6) is 0.622. The van der Waals surface area contributed by atoms with Crippen molar-refractivity contribution in [3.05, 3.63) is 32.8 Å². The van der Waals surface area contributed by atoms with E-state index in [0.717, 1.165) is 36.2 Å². The predicted molar refractivity (Wildman–Crippen MR) is 77.5 cm³/mol. The molecule has 1 aromatic carbocycles. The fourth-order valence-electron chi connectivity index (χ4n) is 3.18. The van der Waals surface area contributed by atoms with Gasteiger partial charge in [-0.25, -0.2) is 0 Å². The lowest BCUT2D eigenvalue weighted by molar-refractivity contribution is -0.384. The molecule has 0 aliphatic carbocycles. The van der Waals surface area contributed by atoms with Crippen molar-refractivity contribution in [2.24, 2.45) is 5.92 Å². The Balaban J connectivity index is 1.87. The minimum Gasteiger partial charge on any atom is -0.366 e. The van der Waals surface area contributed by atoms with E-state index in [0.29, 0.717) is 12.0 Å². The van der Waals surface area contributed by atoms with Crippen molar-refractivity contribution in [2.75, 3.05) is 24.5 Å². The van der Waals surface area contributed by atoms with Gasteiger partial charge in [0.25, 0.3) is 5.69 Å². The van der Waals surface area contributed by atoms with E-state index < -0.39 is 0 Å². The molecule has 19 heavy (non-hydrogen) atoms. The van der Waals surface area contributed by atoms with Crippen molar-refractivity contribution >= 4 is 27.3 Å². The van der Waals surface area contributed by atoms with Crippen molar-refractivity contribution in [3.8, 4) is 0 Å². The summed E-state index contributed by atoms with van der Waals surface area (Å²) in [6, 6.07) is 5.92. The molecule has 2 aliphatic heterocycles. The lowest BCUT2D eigenvalue weighted by Crippen LogP contribution is -2.44. The largest absolute Gasteiger partial charge is 0.366 e. The number of nitro benzene ring substituents is 1. The summed E-state index contributed by atoms with van der Waals surface area (Å²) >= 11 is 3.30. The molecule has 2 heterocycles. The Morgan fingerprint density at radius 1 is 1.42 bits per heavy atom. The van der Waals surface area contributed by atoms with Crippen LogP contribution in [0.4, 0.5) is 11.4 Å². The zero-order valence-electron chi connectivity index (χ0n) is 10.5. The second-order valence-electron chi connectivity index (χ2n) is 5.23. The molecule has 1 N–H and O–H groups in total. The number of hydrogen-bond acceptors (Lipinski definition) is 4. The summed E-state index contributed by atoms with van der Waals surface area (Å²) in [7, 11) is 0. The lowest BCUT2D eigenvalue weighted by Gasteiger charge is -2.36. The molecule has 2 fully saturated rings. The minimum absolute atomic E-state index is 0.193. The fraction of sp³-hybridized carbons (Fsp3) is 0.538. The molecule has 3 rings (SSSR count). The van der Waals surface area contributed by atoms with Gasteiger partial charge in [0.15, 0.2) is 0 Å². The number of benzene rings is 1. The first-order valence-electron chi connectivity index (χ1n) is 6.57. The molecule has 0 amide bonds. The normalized spacial score (nSPS) is 26.3. The summed E-state index contributed by atoms with van der Waals surface area (Å²) in [6.07, 6.45) is 2.24. The first kappa shape index (κ1) is 12.9. The number of anilines is 1. The van der Waals surface area contributed by atoms with Gasteiger partial charge in [-0.15, -0.1) is 0 Å². The van der Waals surface area contributed by atoms with Gasteiger partial charge in [0.05, 0.1) is 4.92 Å². The van der Waals surface area contributed by atoms with E-state index in [1.54, 1.807) is 6.07 Å².